The SMILES string of the molecule is CC[C@H](C)NC(=O)[C@@H](Cc1ccccc1)N(Cc1cccc(Br)c1)C(=O)CN(c1ccc(Br)cc1)S(C)(=O)=O. The number of halogens is 2. The van der Waals surface area contributed by atoms with E-state index >= 15 is 0 Å². The molecule has 39 heavy (non-hydrogen) atoms. The third kappa shape index (κ3) is 9.19. The summed E-state index contributed by atoms with van der Waals surface area (Å²) in [5.74, 6) is -0.769. The standard InChI is InChI=1S/C29H33Br2N3O4S/c1-4-21(2)32-29(36)27(18-22-9-6-5-7-10-22)33(19-23-11-8-12-25(31)17-23)28(35)20-34(39(3,37)38)26-15-13-24(30)14-16-26/h5-17,21,27H,4,18-20H2,1-3H3,(H,32,36)/t21-,27+/m0/s1. The predicted octanol–water partition coefficient (Wildman–Crippen LogP) is 5.53. The van der Waals surface area contributed by atoms with Gasteiger partial charge in [-0.25, -0.2) is 8.42 Å². The van der Waals surface area contributed by atoms with Gasteiger partial charge in [-0.15, -0.1) is 0 Å². The second-order valence-electron chi connectivity index (χ2n) is 9.42. The zero-order valence-corrected chi connectivity index (χ0v) is 26.2. The Bertz CT molecular complexity index is 1370. The van der Waals surface area contributed by atoms with Crippen LogP contribution in [0.2, 0.25) is 0 Å². The van der Waals surface area contributed by atoms with Gasteiger partial charge in [-0.3, -0.25) is 13.9 Å². The van der Waals surface area contributed by atoms with Crippen LogP contribution in [0.5, 0.6) is 0 Å². The van der Waals surface area contributed by atoms with Gasteiger partial charge in [0.2, 0.25) is 21.8 Å². The summed E-state index contributed by atoms with van der Waals surface area (Å²) in [5.41, 5.74) is 2.06. The van der Waals surface area contributed by atoms with E-state index in [4.69, 9.17) is 0 Å². The molecule has 7 nitrogen and oxygen atoms in total. The van der Waals surface area contributed by atoms with Crippen molar-refractivity contribution in [1.29, 1.82) is 0 Å². The molecule has 0 aliphatic rings. The van der Waals surface area contributed by atoms with Crippen LogP contribution >= 0.6 is 31.9 Å². The monoisotopic (exact) mass is 677 g/mol. The van der Waals surface area contributed by atoms with Crippen molar-refractivity contribution in [2.45, 2.75) is 45.3 Å². The van der Waals surface area contributed by atoms with Crippen LogP contribution in [-0.2, 0) is 32.6 Å². The van der Waals surface area contributed by atoms with E-state index in [0.717, 1.165) is 37.1 Å². The van der Waals surface area contributed by atoms with E-state index in [0.29, 0.717) is 5.69 Å². The highest BCUT2D eigenvalue weighted by Crippen LogP contribution is 2.23. The van der Waals surface area contributed by atoms with Crippen molar-refractivity contribution < 1.29 is 18.0 Å². The van der Waals surface area contributed by atoms with E-state index in [1.807, 2.05) is 68.4 Å². The Morgan fingerprint density at radius 1 is 0.897 bits per heavy atom. The maximum absolute atomic E-state index is 14.0. The van der Waals surface area contributed by atoms with Crippen LogP contribution in [-0.4, -0.2) is 50.0 Å². The smallest absolute Gasteiger partial charge is 0.244 e. The first-order chi connectivity index (χ1) is 18.5. The molecule has 0 aliphatic heterocycles. The molecular weight excluding hydrogens is 646 g/mol. The third-order valence-corrected chi connectivity index (χ3v) is 8.47. The molecule has 3 aromatic carbocycles. The number of benzene rings is 3. The summed E-state index contributed by atoms with van der Waals surface area (Å²) >= 11 is 6.84. The number of hydrogen-bond donors (Lipinski definition) is 1. The largest absolute Gasteiger partial charge is 0.352 e. The van der Waals surface area contributed by atoms with Crippen molar-refractivity contribution >= 4 is 59.4 Å². The van der Waals surface area contributed by atoms with Gasteiger partial charge in [-0.1, -0.05) is 81.2 Å². The Morgan fingerprint density at radius 3 is 2.13 bits per heavy atom. The maximum Gasteiger partial charge on any atom is 0.244 e. The van der Waals surface area contributed by atoms with Gasteiger partial charge in [0.1, 0.15) is 12.6 Å². The van der Waals surface area contributed by atoms with Crippen LogP contribution in [0.15, 0.2) is 87.8 Å². The second-order valence-corrected chi connectivity index (χ2v) is 13.2. The van der Waals surface area contributed by atoms with E-state index in [-0.39, 0.29) is 24.9 Å². The highest BCUT2D eigenvalue weighted by Gasteiger charge is 2.33. The molecule has 0 unspecified atom stereocenters. The van der Waals surface area contributed by atoms with Crippen molar-refractivity contribution in [3.63, 3.8) is 0 Å². The van der Waals surface area contributed by atoms with E-state index in [2.05, 4.69) is 37.2 Å². The molecule has 0 aromatic heterocycles. The first-order valence-electron chi connectivity index (χ1n) is 12.6. The van der Waals surface area contributed by atoms with Crippen LogP contribution in [0.4, 0.5) is 5.69 Å². The fourth-order valence-electron chi connectivity index (χ4n) is 4.05. The molecule has 0 fully saturated rings. The number of sulfonamides is 1. The minimum atomic E-state index is -3.80. The summed E-state index contributed by atoms with van der Waals surface area (Å²) in [7, 11) is -3.80. The maximum atomic E-state index is 14.0. The highest BCUT2D eigenvalue weighted by atomic mass is 79.9. The summed E-state index contributed by atoms with van der Waals surface area (Å²) in [6.45, 7) is 3.57. The van der Waals surface area contributed by atoms with E-state index in [1.54, 1.807) is 24.3 Å². The fourth-order valence-corrected chi connectivity index (χ4v) is 5.61. The lowest BCUT2D eigenvalue weighted by atomic mass is 10.0. The first kappa shape index (κ1) is 30.8. The van der Waals surface area contributed by atoms with Crippen LogP contribution in [0, 0.1) is 0 Å². The molecule has 3 aromatic rings. The number of hydrogen-bond acceptors (Lipinski definition) is 4. The summed E-state index contributed by atoms with van der Waals surface area (Å²) in [6.07, 6.45) is 2.08. The zero-order valence-electron chi connectivity index (χ0n) is 22.2. The molecule has 0 saturated heterocycles. The molecule has 2 atom stereocenters. The van der Waals surface area contributed by atoms with Gasteiger partial charge < -0.3 is 10.2 Å². The van der Waals surface area contributed by atoms with E-state index in [9.17, 15) is 18.0 Å². The van der Waals surface area contributed by atoms with Gasteiger partial charge in [-0.05, 0) is 60.9 Å². The summed E-state index contributed by atoms with van der Waals surface area (Å²) < 4.78 is 28.3. The van der Waals surface area contributed by atoms with Gasteiger partial charge in [-0.2, -0.15) is 0 Å². The molecule has 0 bridgehead atoms. The van der Waals surface area contributed by atoms with Gasteiger partial charge in [0, 0.05) is 28.0 Å². The molecule has 0 saturated carbocycles. The van der Waals surface area contributed by atoms with Gasteiger partial charge >= 0.3 is 0 Å². The molecule has 0 radical (unpaired) electrons. The lowest BCUT2D eigenvalue weighted by molar-refractivity contribution is -0.140. The summed E-state index contributed by atoms with van der Waals surface area (Å²) in [6, 6.07) is 22.7. The van der Waals surface area contributed by atoms with Crippen molar-refractivity contribution in [3.05, 3.63) is 98.9 Å². The molecule has 0 aliphatic carbocycles. The van der Waals surface area contributed by atoms with Crippen molar-refractivity contribution in [3.8, 4) is 0 Å². The van der Waals surface area contributed by atoms with Gasteiger partial charge in [0.05, 0.1) is 11.9 Å². The molecule has 1 N–H and O–H groups in total. The van der Waals surface area contributed by atoms with E-state index in [1.165, 1.54) is 4.90 Å². The van der Waals surface area contributed by atoms with E-state index < -0.39 is 28.5 Å². The Morgan fingerprint density at radius 2 is 1.54 bits per heavy atom. The van der Waals surface area contributed by atoms with Crippen LogP contribution in [0.1, 0.15) is 31.4 Å². The lowest BCUT2D eigenvalue weighted by Gasteiger charge is -2.34. The second kappa shape index (κ2) is 14.1. The minimum Gasteiger partial charge on any atom is -0.352 e. The fraction of sp³-hybridized carbons (Fsp3) is 0.310. The summed E-state index contributed by atoms with van der Waals surface area (Å²) in [5, 5.41) is 3.02. The summed E-state index contributed by atoms with van der Waals surface area (Å²) in [4.78, 5) is 29.2. The molecule has 208 valence electrons. The number of amides is 2. The number of nitrogens with one attached hydrogen (secondary N) is 1. The minimum absolute atomic E-state index is 0.0890. The van der Waals surface area contributed by atoms with Crippen molar-refractivity contribution in [2.24, 2.45) is 0 Å². The van der Waals surface area contributed by atoms with Crippen LogP contribution in [0.3, 0.4) is 0 Å². The number of rotatable bonds is 12. The molecule has 2 amide bonds. The predicted molar refractivity (Wildman–Crippen MR) is 163 cm³/mol. The Hall–Kier alpha value is -2.69. The molecule has 10 heteroatoms. The average Bonchev–Trinajstić information content (AvgIpc) is 2.89. The molecular formula is C29H33Br2N3O4S. The van der Waals surface area contributed by atoms with Crippen LogP contribution in [0.25, 0.3) is 0 Å². The zero-order chi connectivity index (χ0) is 28.6. The Kier molecular flexibility index (Phi) is 11.1. The lowest BCUT2D eigenvalue weighted by Crippen LogP contribution is -2.54. The van der Waals surface area contributed by atoms with Gasteiger partial charge in [0.15, 0.2) is 0 Å². The number of nitrogens with zero attached hydrogens (tertiary/aromatic N) is 2. The number of carbonyl (C=O) groups excluding carboxylic acids is 2. The number of carbonyl (C=O) groups is 2. The van der Waals surface area contributed by atoms with Crippen molar-refractivity contribution in [1.82, 2.24) is 10.2 Å². The molecule has 0 spiro atoms. The normalized spacial score (nSPS) is 12.8. The highest BCUT2D eigenvalue weighted by molar-refractivity contribution is 9.10. The van der Waals surface area contributed by atoms with Crippen LogP contribution < -0.4 is 9.62 Å². The Labute approximate surface area is 247 Å². The average molecular weight is 679 g/mol. The number of anilines is 1. The third-order valence-electron chi connectivity index (χ3n) is 6.31. The topological polar surface area (TPSA) is 86.8 Å². The molecule has 0 heterocycles. The van der Waals surface area contributed by atoms with Gasteiger partial charge in [0.25, 0.3) is 0 Å². The molecule has 3 rings (SSSR count). The quantitative estimate of drug-likeness (QED) is 0.273. The first-order valence-corrected chi connectivity index (χ1v) is 16.0. The van der Waals surface area contributed by atoms with Crippen molar-refractivity contribution in [2.75, 3.05) is 17.1 Å². The Balaban J connectivity index is 2.05.